The van der Waals surface area contributed by atoms with Gasteiger partial charge in [0, 0.05) is 18.5 Å². The van der Waals surface area contributed by atoms with E-state index >= 15 is 0 Å². The van der Waals surface area contributed by atoms with Gasteiger partial charge in [-0.15, -0.1) is 0 Å². The molecule has 0 bridgehead atoms. The third-order valence-electron chi connectivity index (χ3n) is 3.58. The molecule has 2 heterocycles. The molecule has 1 saturated heterocycles. The lowest BCUT2D eigenvalue weighted by Gasteiger charge is -2.24. The monoisotopic (exact) mass is 357 g/mol. The number of aromatic nitrogens is 2. The summed E-state index contributed by atoms with van der Waals surface area (Å²) in [6.45, 7) is 1.38. The molecular formula is C16H18F3N3O3. The highest BCUT2D eigenvalue weighted by Crippen LogP contribution is 2.34. The van der Waals surface area contributed by atoms with E-state index in [1.807, 2.05) is 0 Å². The minimum atomic E-state index is -4.42. The average molecular weight is 357 g/mol. The van der Waals surface area contributed by atoms with Gasteiger partial charge in [-0.05, 0) is 44.1 Å². The van der Waals surface area contributed by atoms with E-state index in [9.17, 15) is 13.2 Å². The molecule has 0 amide bonds. The number of rotatable bonds is 3. The third kappa shape index (κ3) is 5.49. The molecular weight excluding hydrogens is 339 g/mol. The van der Waals surface area contributed by atoms with Crippen LogP contribution in [0.25, 0.3) is 5.69 Å². The molecule has 0 saturated carbocycles. The van der Waals surface area contributed by atoms with Crippen LogP contribution < -0.4 is 10.1 Å². The molecule has 136 valence electrons. The van der Waals surface area contributed by atoms with Crippen molar-refractivity contribution in [2.45, 2.75) is 25.1 Å². The van der Waals surface area contributed by atoms with E-state index in [2.05, 4.69) is 10.4 Å². The molecule has 2 aromatic rings. The van der Waals surface area contributed by atoms with Crippen LogP contribution in [-0.4, -0.2) is 40.6 Å². The molecule has 1 aliphatic heterocycles. The van der Waals surface area contributed by atoms with E-state index in [0.29, 0.717) is 5.69 Å². The zero-order valence-electron chi connectivity index (χ0n) is 13.2. The van der Waals surface area contributed by atoms with Gasteiger partial charge in [-0.3, -0.25) is 4.79 Å². The first-order valence-electron chi connectivity index (χ1n) is 7.61. The Morgan fingerprint density at radius 3 is 2.52 bits per heavy atom. The second kappa shape index (κ2) is 8.52. The van der Waals surface area contributed by atoms with Crippen molar-refractivity contribution in [2.24, 2.45) is 0 Å². The number of alkyl halides is 3. The normalized spacial score (nSPS) is 15.2. The van der Waals surface area contributed by atoms with Crippen LogP contribution in [0.3, 0.4) is 0 Å². The van der Waals surface area contributed by atoms with Crippen LogP contribution in [0.15, 0.2) is 36.7 Å². The summed E-state index contributed by atoms with van der Waals surface area (Å²) in [5.41, 5.74) is -0.395. The summed E-state index contributed by atoms with van der Waals surface area (Å²) in [4.78, 5) is 8.36. The van der Waals surface area contributed by atoms with Crippen molar-refractivity contribution in [1.29, 1.82) is 0 Å². The zero-order valence-corrected chi connectivity index (χ0v) is 13.2. The van der Waals surface area contributed by atoms with Crippen molar-refractivity contribution in [3.63, 3.8) is 0 Å². The van der Waals surface area contributed by atoms with E-state index in [1.54, 1.807) is 18.3 Å². The van der Waals surface area contributed by atoms with Gasteiger partial charge in [0.1, 0.15) is 11.9 Å². The summed E-state index contributed by atoms with van der Waals surface area (Å²) in [6.07, 6.45) is 0.211. The maximum atomic E-state index is 13.1. The first kappa shape index (κ1) is 18.8. The lowest BCUT2D eigenvalue weighted by atomic mass is 10.1. The molecule has 2 N–H and O–H groups in total. The Morgan fingerprint density at radius 1 is 1.28 bits per heavy atom. The molecule has 6 nitrogen and oxygen atoms in total. The topological polar surface area (TPSA) is 76.4 Å². The number of ether oxygens (including phenoxy) is 1. The van der Waals surface area contributed by atoms with E-state index in [0.717, 1.165) is 38.1 Å². The van der Waals surface area contributed by atoms with Gasteiger partial charge in [0.25, 0.3) is 6.47 Å². The highest BCUT2D eigenvalue weighted by atomic mass is 19.4. The molecule has 0 atom stereocenters. The summed E-state index contributed by atoms with van der Waals surface area (Å²) in [5, 5.41) is 14.1. The van der Waals surface area contributed by atoms with Crippen LogP contribution in [0.4, 0.5) is 13.2 Å². The highest BCUT2D eigenvalue weighted by molar-refractivity contribution is 5.44. The molecule has 0 unspecified atom stereocenters. The second-order valence-electron chi connectivity index (χ2n) is 5.34. The van der Waals surface area contributed by atoms with Crippen molar-refractivity contribution in [3.8, 4) is 11.4 Å². The number of hydrogen-bond donors (Lipinski definition) is 2. The number of carboxylic acid groups (broad SMARTS) is 1. The minimum absolute atomic E-state index is 0.0600. The number of benzene rings is 1. The summed E-state index contributed by atoms with van der Waals surface area (Å²) in [6, 6.07) is 5.37. The predicted octanol–water partition coefficient (Wildman–Crippen LogP) is 2.72. The molecule has 1 aromatic carbocycles. The Balaban J connectivity index is 0.000000701. The fraction of sp³-hybridized carbons (Fsp3) is 0.375. The van der Waals surface area contributed by atoms with E-state index in [-0.39, 0.29) is 18.3 Å². The fourth-order valence-electron chi connectivity index (χ4n) is 2.47. The van der Waals surface area contributed by atoms with Crippen molar-refractivity contribution >= 4 is 6.47 Å². The van der Waals surface area contributed by atoms with Crippen LogP contribution in [0.5, 0.6) is 5.75 Å². The number of halogens is 3. The summed E-state index contributed by atoms with van der Waals surface area (Å²) in [7, 11) is 0. The van der Waals surface area contributed by atoms with E-state index < -0.39 is 11.7 Å². The standard InChI is InChI=1S/C15H16F3N3O.CH2O2/c16-15(17,18)11-8-12(21-7-1-4-20-21)10-14(9-11)22-13-2-5-19-6-3-13;2-1-3/h1,4,7-10,13,19H,2-3,5-6H2;1H,(H,2,3). The van der Waals surface area contributed by atoms with Crippen LogP contribution in [0.2, 0.25) is 0 Å². The predicted molar refractivity (Wildman–Crippen MR) is 83.8 cm³/mol. The second-order valence-corrected chi connectivity index (χ2v) is 5.34. The van der Waals surface area contributed by atoms with Crippen LogP contribution in [0.1, 0.15) is 18.4 Å². The first-order valence-corrected chi connectivity index (χ1v) is 7.61. The maximum Gasteiger partial charge on any atom is 0.416 e. The number of hydrogen-bond acceptors (Lipinski definition) is 4. The fourth-order valence-corrected chi connectivity index (χ4v) is 2.47. The highest BCUT2D eigenvalue weighted by Gasteiger charge is 2.32. The van der Waals surface area contributed by atoms with Crippen LogP contribution in [-0.2, 0) is 11.0 Å². The molecule has 9 heteroatoms. The van der Waals surface area contributed by atoms with Gasteiger partial charge in [-0.1, -0.05) is 0 Å². The Kier molecular flexibility index (Phi) is 6.40. The van der Waals surface area contributed by atoms with Gasteiger partial charge < -0.3 is 15.2 Å². The van der Waals surface area contributed by atoms with E-state index in [4.69, 9.17) is 14.6 Å². The molecule has 3 rings (SSSR count). The van der Waals surface area contributed by atoms with E-state index in [1.165, 1.54) is 10.9 Å². The Morgan fingerprint density at radius 2 is 1.96 bits per heavy atom. The van der Waals surface area contributed by atoms with Gasteiger partial charge in [-0.2, -0.15) is 18.3 Å². The summed E-state index contributed by atoms with van der Waals surface area (Å²) in [5.74, 6) is 0.229. The Bertz CT molecular complexity index is 669. The SMILES string of the molecule is FC(F)(F)c1cc(OC2CCNCC2)cc(-n2cccn2)c1.O=CO. The lowest BCUT2D eigenvalue weighted by Crippen LogP contribution is -2.34. The van der Waals surface area contributed by atoms with Gasteiger partial charge in [0.15, 0.2) is 0 Å². The van der Waals surface area contributed by atoms with Gasteiger partial charge >= 0.3 is 6.18 Å². The molecule has 0 spiro atoms. The van der Waals surface area contributed by atoms with Crippen molar-refractivity contribution in [2.75, 3.05) is 13.1 Å². The molecule has 0 radical (unpaired) electrons. The number of nitrogens with zero attached hydrogens (tertiary/aromatic N) is 2. The number of piperidine rings is 1. The number of carbonyl (C=O) groups is 1. The number of nitrogens with one attached hydrogen (secondary N) is 1. The Labute approximate surface area is 142 Å². The zero-order chi connectivity index (χ0) is 18.3. The lowest BCUT2D eigenvalue weighted by molar-refractivity contribution is -0.137. The van der Waals surface area contributed by atoms with Crippen molar-refractivity contribution in [3.05, 3.63) is 42.2 Å². The first-order chi connectivity index (χ1) is 11.9. The van der Waals surface area contributed by atoms with Gasteiger partial charge in [0.05, 0.1) is 11.3 Å². The molecule has 1 aliphatic rings. The summed E-state index contributed by atoms with van der Waals surface area (Å²) >= 11 is 0. The summed E-state index contributed by atoms with van der Waals surface area (Å²) < 4.78 is 46.4. The van der Waals surface area contributed by atoms with Gasteiger partial charge in [0.2, 0.25) is 0 Å². The van der Waals surface area contributed by atoms with Crippen LogP contribution >= 0.6 is 0 Å². The van der Waals surface area contributed by atoms with Gasteiger partial charge in [-0.25, -0.2) is 4.68 Å². The maximum absolute atomic E-state index is 13.1. The molecule has 1 aromatic heterocycles. The smallest absolute Gasteiger partial charge is 0.416 e. The Hall–Kier alpha value is -2.55. The molecule has 1 fully saturated rings. The molecule has 25 heavy (non-hydrogen) atoms. The van der Waals surface area contributed by atoms with Crippen LogP contribution in [0, 0.1) is 0 Å². The quantitative estimate of drug-likeness (QED) is 0.826. The minimum Gasteiger partial charge on any atom is -0.490 e. The largest absolute Gasteiger partial charge is 0.490 e. The molecule has 0 aliphatic carbocycles. The average Bonchev–Trinajstić information content (AvgIpc) is 3.10. The van der Waals surface area contributed by atoms with Crippen molar-refractivity contribution in [1.82, 2.24) is 15.1 Å². The third-order valence-corrected chi connectivity index (χ3v) is 3.58. The van der Waals surface area contributed by atoms with Crippen molar-refractivity contribution < 1.29 is 27.8 Å².